The number of aliphatic hydroxyl groups excluding tert-OH is 1. The Morgan fingerprint density at radius 3 is 2.49 bits per heavy atom. The van der Waals surface area contributed by atoms with Crippen molar-refractivity contribution in [2.45, 2.75) is 44.1 Å². The van der Waals surface area contributed by atoms with Crippen LogP contribution >= 0.6 is 0 Å². The second kappa shape index (κ2) is 9.51. The number of pyridine rings is 1. The molecule has 3 aromatic rings. The number of nitrogens with two attached hydrogens (primary N) is 1. The molecule has 1 aromatic heterocycles. The van der Waals surface area contributed by atoms with Crippen LogP contribution in [-0.2, 0) is 14.3 Å². The molecule has 1 aliphatic heterocycles. The Bertz CT molecular complexity index is 1430. The van der Waals surface area contributed by atoms with E-state index in [2.05, 4.69) is 4.98 Å². The zero-order valence-electron chi connectivity index (χ0n) is 19.6. The second-order valence-corrected chi connectivity index (χ2v) is 8.79. The van der Waals surface area contributed by atoms with Crippen molar-refractivity contribution in [3.8, 4) is 11.5 Å². The highest BCUT2D eigenvalue weighted by atomic mass is 19.1. The van der Waals surface area contributed by atoms with Gasteiger partial charge >= 0.3 is 5.97 Å². The maximum Gasteiger partial charge on any atom is 0.307 e. The lowest BCUT2D eigenvalue weighted by Crippen LogP contribution is -2.58. The summed E-state index contributed by atoms with van der Waals surface area (Å²) in [6.45, 7) is 1.40. The zero-order chi connectivity index (χ0) is 26.4. The molecule has 2 aliphatic rings. The number of hydrogen-bond acceptors (Lipinski definition) is 10. The summed E-state index contributed by atoms with van der Waals surface area (Å²) in [7, 11) is 0. The number of nitrogens with zero attached hydrogens (tertiary/aromatic N) is 1. The average Bonchev–Trinajstić information content (AvgIpc) is 2.89. The summed E-state index contributed by atoms with van der Waals surface area (Å²) >= 11 is 0. The SMILES string of the molecule is C[C@@H]1O[C@@H](Oc2c(O)c3c(c4cccnc24)C(=O)c2ccccc2C3=O)[C@H](F)[C@H](OC(=O)CCN)[C@@H]1O. The molecule has 11 heteroatoms. The third kappa shape index (κ3) is 4.01. The fourth-order valence-electron chi connectivity index (χ4n) is 4.63. The van der Waals surface area contributed by atoms with Crippen LogP contribution in [0.4, 0.5) is 4.39 Å². The van der Waals surface area contributed by atoms with Crippen LogP contribution in [0.2, 0.25) is 0 Å². The first-order chi connectivity index (χ1) is 17.7. The molecular formula is C26H23FN2O8. The number of aromatic nitrogens is 1. The first-order valence-corrected chi connectivity index (χ1v) is 11.6. The molecule has 1 fully saturated rings. The molecule has 4 N–H and O–H groups in total. The van der Waals surface area contributed by atoms with E-state index in [9.17, 15) is 24.6 Å². The fraction of sp³-hybridized carbons (Fsp3) is 0.308. The summed E-state index contributed by atoms with van der Waals surface area (Å²) in [5, 5.41) is 21.8. The number of carbonyl (C=O) groups excluding carboxylic acids is 3. The largest absolute Gasteiger partial charge is 0.504 e. The monoisotopic (exact) mass is 510 g/mol. The fourth-order valence-corrected chi connectivity index (χ4v) is 4.63. The van der Waals surface area contributed by atoms with Gasteiger partial charge in [0.05, 0.1) is 18.1 Å². The average molecular weight is 510 g/mol. The van der Waals surface area contributed by atoms with Gasteiger partial charge in [0.2, 0.25) is 12.5 Å². The van der Waals surface area contributed by atoms with Crippen molar-refractivity contribution in [3.05, 3.63) is 64.8 Å². The van der Waals surface area contributed by atoms with Gasteiger partial charge in [-0.05, 0) is 13.0 Å². The first kappa shape index (κ1) is 24.8. The Morgan fingerprint density at radius 2 is 1.81 bits per heavy atom. The van der Waals surface area contributed by atoms with Gasteiger partial charge in [0, 0.05) is 34.8 Å². The molecule has 192 valence electrons. The van der Waals surface area contributed by atoms with Crippen LogP contribution in [0.15, 0.2) is 42.6 Å². The number of ether oxygens (including phenoxy) is 3. The third-order valence-electron chi connectivity index (χ3n) is 6.45. The molecule has 0 amide bonds. The number of carbonyl (C=O) groups is 3. The van der Waals surface area contributed by atoms with E-state index in [4.69, 9.17) is 19.9 Å². The quantitative estimate of drug-likeness (QED) is 0.338. The molecule has 0 saturated carbocycles. The number of fused-ring (bicyclic) bond motifs is 4. The summed E-state index contributed by atoms with van der Waals surface area (Å²) in [5.41, 5.74) is 5.27. The molecule has 2 heterocycles. The lowest BCUT2D eigenvalue weighted by molar-refractivity contribution is -0.257. The van der Waals surface area contributed by atoms with E-state index < -0.39 is 59.8 Å². The Morgan fingerprint density at radius 1 is 1.14 bits per heavy atom. The molecule has 5 atom stereocenters. The van der Waals surface area contributed by atoms with E-state index in [0.717, 1.165) is 0 Å². The Kier molecular flexibility index (Phi) is 6.36. The lowest BCUT2D eigenvalue weighted by atomic mass is 9.81. The molecule has 0 spiro atoms. The predicted molar refractivity (Wildman–Crippen MR) is 126 cm³/mol. The Balaban J connectivity index is 1.60. The second-order valence-electron chi connectivity index (χ2n) is 8.79. The van der Waals surface area contributed by atoms with Crippen LogP contribution in [-0.4, -0.2) is 70.1 Å². The number of benzene rings is 2. The summed E-state index contributed by atoms with van der Waals surface area (Å²) in [5.74, 6) is -3.00. The van der Waals surface area contributed by atoms with Crippen molar-refractivity contribution in [1.29, 1.82) is 0 Å². The van der Waals surface area contributed by atoms with Crippen LogP contribution in [0.5, 0.6) is 11.5 Å². The van der Waals surface area contributed by atoms with Crippen molar-refractivity contribution in [1.82, 2.24) is 4.98 Å². The third-order valence-corrected chi connectivity index (χ3v) is 6.45. The van der Waals surface area contributed by atoms with Crippen molar-refractivity contribution < 1.29 is 43.2 Å². The van der Waals surface area contributed by atoms with E-state index in [1.807, 2.05) is 0 Å². The number of halogens is 1. The predicted octanol–water partition coefficient (Wildman–Crippen LogP) is 1.80. The lowest BCUT2D eigenvalue weighted by Gasteiger charge is -2.39. The van der Waals surface area contributed by atoms with Crippen molar-refractivity contribution in [2.24, 2.45) is 5.73 Å². The molecular weight excluding hydrogens is 487 g/mol. The molecule has 5 rings (SSSR count). The van der Waals surface area contributed by atoms with Crippen LogP contribution in [0.1, 0.15) is 45.2 Å². The zero-order valence-corrected chi connectivity index (χ0v) is 19.6. The molecule has 37 heavy (non-hydrogen) atoms. The normalized spacial score (nSPS) is 24.9. The van der Waals surface area contributed by atoms with E-state index >= 15 is 4.39 Å². The number of aromatic hydroxyl groups is 1. The van der Waals surface area contributed by atoms with Gasteiger partial charge in [-0.2, -0.15) is 0 Å². The summed E-state index contributed by atoms with van der Waals surface area (Å²) in [6.07, 6.45) is -6.91. The number of phenols is 1. The number of alkyl halides is 1. The van der Waals surface area contributed by atoms with E-state index in [1.54, 1.807) is 18.2 Å². The maximum absolute atomic E-state index is 15.5. The number of esters is 1. The molecule has 0 bridgehead atoms. The van der Waals surface area contributed by atoms with Gasteiger partial charge in [-0.1, -0.05) is 30.3 Å². The van der Waals surface area contributed by atoms with Crippen molar-refractivity contribution in [2.75, 3.05) is 6.54 Å². The van der Waals surface area contributed by atoms with Gasteiger partial charge in [0.25, 0.3) is 0 Å². The molecule has 10 nitrogen and oxygen atoms in total. The number of aliphatic hydroxyl groups is 1. The Hall–Kier alpha value is -3.93. The minimum Gasteiger partial charge on any atom is -0.504 e. The topological polar surface area (TPSA) is 158 Å². The number of phenolic OH excluding ortho intramolecular Hbond substituents is 1. The standard InChI is InChI=1S/C26H23FN2O8/c1-11-20(31)24(36-15(30)8-9-28)18(27)26(35-11)37-25-19-14(7-4-10-29-19)16-17(23(25)34)22(33)13-6-3-2-5-12(13)21(16)32/h2-7,10-11,18,20,24,26,31,34H,8-9,28H2,1H3/t11-,18+,20+,24-,26-/m0/s1. The smallest absolute Gasteiger partial charge is 0.307 e. The minimum atomic E-state index is -2.18. The van der Waals surface area contributed by atoms with Gasteiger partial charge in [0.1, 0.15) is 11.6 Å². The van der Waals surface area contributed by atoms with Crippen LogP contribution in [0, 0.1) is 0 Å². The number of hydrogen-bond donors (Lipinski definition) is 3. The highest BCUT2D eigenvalue weighted by Gasteiger charge is 2.48. The molecule has 0 radical (unpaired) electrons. The summed E-state index contributed by atoms with van der Waals surface area (Å²) < 4.78 is 31.8. The van der Waals surface area contributed by atoms with Crippen molar-refractivity contribution >= 4 is 28.4 Å². The number of rotatable bonds is 5. The highest BCUT2D eigenvalue weighted by molar-refractivity contribution is 6.33. The Labute approximate surface area is 209 Å². The molecule has 0 unspecified atom stereocenters. The molecule has 1 aliphatic carbocycles. The van der Waals surface area contributed by atoms with Gasteiger partial charge in [-0.15, -0.1) is 0 Å². The van der Waals surface area contributed by atoms with Gasteiger partial charge in [-0.3, -0.25) is 19.4 Å². The number of ketones is 2. The highest BCUT2D eigenvalue weighted by Crippen LogP contribution is 2.45. The van der Waals surface area contributed by atoms with E-state index in [0.29, 0.717) is 0 Å². The maximum atomic E-state index is 15.5. The molecule has 1 saturated heterocycles. The van der Waals surface area contributed by atoms with Gasteiger partial charge in [0.15, 0.2) is 29.2 Å². The van der Waals surface area contributed by atoms with E-state index in [1.165, 1.54) is 31.3 Å². The first-order valence-electron chi connectivity index (χ1n) is 11.6. The van der Waals surface area contributed by atoms with E-state index in [-0.39, 0.29) is 46.1 Å². The molecule has 2 aromatic carbocycles. The summed E-state index contributed by atoms with van der Waals surface area (Å²) in [4.78, 5) is 42.9. The van der Waals surface area contributed by atoms with Gasteiger partial charge in [-0.25, -0.2) is 4.39 Å². The van der Waals surface area contributed by atoms with Crippen LogP contribution in [0.25, 0.3) is 10.9 Å². The minimum absolute atomic E-state index is 0.00877. The summed E-state index contributed by atoms with van der Waals surface area (Å²) in [6, 6.07) is 9.28. The van der Waals surface area contributed by atoms with Crippen LogP contribution in [0.3, 0.4) is 0 Å². The van der Waals surface area contributed by atoms with Gasteiger partial charge < -0.3 is 30.2 Å². The van der Waals surface area contributed by atoms with Crippen LogP contribution < -0.4 is 10.5 Å². The van der Waals surface area contributed by atoms with Crippen molar-refractivity contribution in [3.63, 3.8) is 0 Å².